The Kier molecular flexibility index (Phi) is 4.09. The summed E-state index contributed by atoms with van der Waals surface area (Å²) >= 11 is 3.43. The average Bonchev–Trinajstić information content (AvgIpc) is 3.26. The van der Waals surface area contributed by atoms with Crippen molar-refractivity contribution in [3.05, 3.63) is 52.9 Å². The van der Waals surface area contributed by atoms with Crippen molar-refractivity contribution in [2.75, 3.05) is 10.7 Å². The second kappa shape index (κ2) is 6.69. The average molecular weight is 400 g/mol. The molecule has 0 spiro atoms. The molecule has 3 aromatic heterocycles. The van der Waals surface area contributed by atoms with Crippen molar-refractivity contribution in [3.63, 3.8) is 0 Å². The molecule has 124 valence electrons. The summed E-state index contributed by atoms with van der Waals surface area (Å²) in [7, 11) is 0. The Hall–Kier alpha value is -3.27. The number of benzene rings is 1. The highest BCUT2D eigenvalue weighted by Crippen LogP contribution is 2.25. The maximum atomic E-state index is 5.18. The SMILES string of the molecule is Brc1cccc(Nc2nc3nonc3nc2N/N=C/c2ccco2)c1. The lowest BCUT2D eigenvalue weighted by Gasteiger charge is -2.09. The Balaban J connectivity index is 1.65. The van der Waals surface area contributed by atoms with Gasteiger partial charge < -0.3 is 9.73 Å². The van der Waals surface area contributed by atoms with Gasteiger partial charge in [0.15, 0.2) is 11.6 Å². The lowest BCUT2D eigenvalue weighted by Crippen LogP contribution is -2.03. The zero-order valence-corrected chi connectivity index (χ0v) is 14.1. The minimum atomic E-state index is 0.274. The molecule has 4 rings (SSSR count). The molecule has 9 nitrogen and oxygen atoms in total. The van der Waals surface area contributed by atoms with E-state index in [9.17, 15) is 0 Å². The quantitative estimate of drug-likeness (QED) is 0.386. The van der Waals surface area contributed by atoms with Crippen LogP contribution in [0.3, 0.4) is 0 Å². The normalized spacial score (nSPS) is 11.2. The van der Waals surface area contributed by atoms with Crippen molar-refractivity contribution in [2.45, 2.75) is 0 Å². The van der Waals surface area contributed by atoms with Crippen molar-refractivity contribution in [2.24, 2.45) is 5.10 Å². The molecule has 0 aliphatic heterocycles. The number of hydrazone groups is 1. The summed E-state index contributed by atoms with van der Waals surface area (Å²) in [6, 6.07) is 11.2. The molecule has 0 atom stereocenters. The fourth-order valence-corrected chi connectivity index (χ4v) is 2.43. The molecule has 0 aliphatic rings. The largest absolute Gasteiger partial charge is 0.463 e. The number of fused-ring (bicyclic) bond motifs is 1. The predicted octanol–water partition coefficient (Wildman–Crippen LogP) is 3.56. The highest BCUT2D eigenvalue weighted by atomic mass is 79.9. The molecule has 2 N–H and O–H groups in total. The van der Waals surface area contributed by atoms with E-state index in [-0.39, 0.29) is 11.3 Å². The number of hydrogen-bond donors (Lipinski definition) is 2. The van der Waals surface area contributed by atoms with Gasteiger partial charge in [-0.15, -0.1) is 0 Å². The van der Waals surface area contributed by atoms with Crippen molar-refractivity contribution in [3.8, 4) is 0 Å². The summed E-state index contributed by atoms with van der Waals surface area (Å²) in [6.45, 7) is 0. The Morgan fingerprint density at radius 3 is 2.64 bits per heavy atom. The van der Waals surface area contributed by atoms with E-state index in [1.54, 1.807) is 18.4 Å². The molecule has 0 bridgehead atoms. The monoisotopic (exact) mass is 399 g/mol. The van der Waals surface area contributed by atoms with E-state index in [0.29, 0.717) is 17.4 Å². The van der Waals surface area contributed by atoms with Gasteiger partial charge in [0, 0.05) is 10.2 Å². The molecule has 25 heavy (non-hydrogen) atoms. The summed E-state index contributed by atoms with van der Waals surface area (Å²) in [6.07, 6.45) is 3.09. The predicted molar refractivity (Wildman–Crippen MR) is 94.7 cm³/mol. The van der Waals surface area contributed by atoms with Crippen LogP contribution < -0.4 is 10.7 Å². The Labute approximate surface area is 149 Å². The lowest BCUT2D eigenvalue weighted by molar-refractivity contribution is 0.314. The van der Waals surface area contributed by atoms with Crippen LogP contribution in [0, 0.1) is 0 Å². The number of aromatic nitrogens is 4. The summed E-state index contributed by atoms with van der Waals surface area (Å²) < 4.78 is 10.8. The van der Waals surface area contributed by atoms with Crippen molar-refractivity contribution < 1.29 is 9.05 Å². The van der Waals surface area contributed by atoms with Gasteiger partial charge in [-0.3, -0.25) is 5.43 Å². The molecule has 0 amide bonds. The number of hydrogen-bond acceptors (Lipinski definition) is 9. The summed E-state index contributed by atoms with van der Waals surface area (Å²) in [5.41, 5.74) is 4.20. The van der Waals surface area contributed by atoms with Gasteiger partial charge >= 0.3 is 0 Å². The van der Waals surface area contributed by atoms with E-state index < -0.39 is 0 Å². The van der Waals surface area contributed by atoms with Crippen LogP contribution in [0.2, 0.25) is 0 Å². The minimum Gasteiger partial charge on any atom is -0.463 e. The highest BCUT2D eigenvalue weighted by Gasteiger charge is 2.12. The smallest absolute Gasteiger partial charge is 0.245 e. The zero-order valence-electron chi connectivity index (χ0n) is 12.5. The number of anilines is 3. The van der Waals surface area contributed by atoms with Crippen LogP contribution in [0.25, 0.3) is 11.3 Å². The number of nitrogens with one attached hydrogen (secondary N) is 2. The van der Waals surface area contributed by atoms with Crippen molar-refractivity contribution in [1.29, 1.82) is 0 Å². The second-order valence-electron chi connectivity index (χ2n) is 4.85. The zero-order chi connectivity index (χ0) is 17.1. The Bertz CT molecular complexity index is 1030. The molecular formula is C15H10BrN7O2. The molecule has 0 aliphatic carbocycles. The Morgan fingerprint density at radius 1 is 1.04 bits per heavy atom. The van der Waals surface area contributed by atoms with Crippen LogP contribution in [0.4, 0.5) is 17.3 Å². The van der Waals surface area contributed by atoms with Gasteiger partial charge in [-0.25, -0.2) is 9.61 Å². The first-order chi connectivity index (χ1) is 12.3. The molecular weight excluding hydrogens is 390 g/mol. The van der Waals surface area contributed by atoms with Gasteiger partial charge in [0.1, 0.15) is 5.76 Å². The van der Waals surface area contributed by atoms with Gasteiger partial charge in [-0.05, 0) is 40.6 Å². The first-order valence-corrected chi connectivity index (χ1v) is 7.93. The van der Waals surface area contributed by atoms with Gasteiger partial charge in [-0.2, -0.15) is 10.1 Å². The van der Waals surface area contributed by atoms with Crippen LogP contribution in [0.1, 0.15) is 5.76 Å². The summed E-state index contributed by atoms with van der Waals surface area (Å²) in [4.78, 5) is 8.67. The molecule has 0 saturated carbocycles. The molecule has 0 radical (unpaired) electrons. The molecule has 3 heterocycles. The second-order valence-corrected chi connectivity index (χ2v) is 5.77. The van der Waals surface area contributed by atoms with Gasteiger partial charge in [0.05, 0.1) is 12.5 Å². The molecule has 0 saturated heterocycles. The van der Waals surface area contributed by atoms with Crippen molar-refractivity contribution >= 4 is 50.8 Å². The van der Waals surface area contributed by atoms with E-state index in [4.69, 9.17) is 4.42 Å². The fourth-order valence-electron chi connectivity index (χ4n) is 2.03. The standard InChI is InChI=1S/C15H10BrN7O2/c16-9-3-1-4-10(7-9)18-12-13(20-15-14(19-12)22-25-23-15)21-17-8-11-5-2-6-24-11/h1-8H,(H,18,19,22)(H,20,21,23)/b17-8+. The van der Waals surface area contributed by atoms with Crippen LogP contribution in [-0.4, -0.2) is 26.5 Å². The third-order valence-electron chi connectivity index (χ3n) is 3.11. The topological polar surface area (TPSA) is 114 Å². The summed E-state index contributed by atoms with van der Waals surface area (Å²) in [5.74, 6) is 1.40. The third kappa shape index (κ3) is 3.48. The van der Waals surface area contributed by atoms with E-state index in [1.165, 1.54) is 6.21 Å². The number of rotatable bonds is 5. The third-order valence-corrected chi connectivity index (χ3v) is 3.60. The maximum absolute atomic E-state index is 5.18. The molecule has 1 aromatic carbocycles. The van der Waals surface area contributed by atoms with E-state index in [0.717, 1.165) is 10.2 Å². The summed E-state index contributed by atoms with van der Waals surface area (Å²) in [5, 5.41) is 14.7. The maximum Gasteiger partial charge on any atom is 0.245 e. The fraction of sp³-hybridized carbons (Fsp3) is 0. The van der Waals surface area contributed by atoms with Crippen LogP contribution in [0.5, 0.6) is 0 Å². The molecule has 10 heteroatoms. The number of nitrogens with zero attached hydrogens (tertiary/aromatic N) is 5. The van der Waals surface area contributed by atoms with Gasteiger partial charge in [0.25, 0.3) is 0 Å². The van der Waals surface area contributed by atoms with Crippen LogP contribution >= 0.6 is 15.9 Å². The van der Waals surface area contributed by atoms with Crippen LogP contribution in [-0.2, 0) is 0 Å². The van der Waals surface area contributed by atoms with E-state index in [2.05, 4.69) is 56.7 Å². The molecule has 0 fully saturated rings. The first-order valence-electron chi connectivity index (χ1n) is 7.13. The lowest BCUT2D eigenvalue weighted by atomic mass is 10.3. The van der Waals surface area contributed by atoms with E-state index in [1.807, 2.05) is 24.3 Å². The Morgan fingerprint density at radius 2 is 1.88 bits per heavy atom. The first kappa shape index (κ1) is 15.3. The number of halogens is 1. The highest BCUT2D eigenvalue weighted by molar-refractivity contribution is 9.10. The molecule has 0 unspecified atom stereocenters. The van der Waals surface area contributed by atoms with Gasteiger partial charge in [0.2, 0.25) is 11.3 Å². The van der Waals surface area contributed by atoms with Crippen LogP contribution in [0.15, 0.2) is 61.3 Å². The minimum absolute atomic E-state index is 0.274. The van der Waals surface area contributed by atoms with E-state index >= 15 is 0 Å². The van der Waals surface area contributed by atoms with Gasteiger partial charge in [-0.1, -0.05) is 22.0 Å². The van der Waals surface area contributed by atoms with Crippen molar-refractivity contribution in [1.82, 2.24) is 20.3 Å². The molecule has 4 aromatic rings. The number of furan rings is 1.